The average Bonchev–Trinajstić information content (AvgIpc) is 3.07. The van der Waals surface area contributed by atoms with E-state index in [0.29, 0.717) is 19.1 Å². The molecular weight excluding hydrogens is 342 g/mol. The van der Waals surface area contributed by atoms with Crippen LogP contribution < -0.4 is 0 Å². The predicted octanol–water partition coefficient (Wildman–Crippen LogP) is 3.05. The van der Waals surface area contributed by atoms with Crippen molar-refractivity contribution in [2.24, 2.45) is 0 Å². The lowest BCUT2D eigenvalue weighted by Gasteiger charge is -2.24. The first kappa shape index (κ1) is 15.9. The summed E-state index contributed by atoms with van der Waals surface area (Å²) in [4.78, 5) is 13.6. The molecule has 6 heteroatoms. The summed E-state index contributed by atoms with van der Waals surface area (Å²) in [5, 5.41) is 2.14. The van der Waals surface area contributed by atoms with Crippen molar-refractivity contribution in [3.63, 3.8) is 0 Å². The Morgan fingerprint density at radius 2 is 2.50 bits per heavy atom. The molecule has 1 aliphatic heterocycles. The maximum absolute atomic E-state index is 11.3. The van der Waals surface area contributed by atoms with Gasteiger partial charge in [-0.25, -0.2) is 0 Å². The Hall–Kier alpha value is -0.430. The van der Waals surface area contributed by atoms with E-state index in [-0.39, 0.29) is 5.97 Å². The Morgan fingerprint density at radius 3 is 3.10 bits per heavy atom. The lowest BCUT2D eigenvalue weighted by atomic mass is 10.2. The molecule has 1 aromatic rings. The number of carbonyl (C=O) groups is 1. The van der Waals surface area contributed by atoms with Crippen LogP contribution in [-0.4, -0.2) is 43.8 Å². The lowest BCUT2D eigenvalue weighted by molar-refractivity contribution is -0.141. The SMILES string of the molecule is COC(=O)CCN(Cc1csc(Br)c1)CC1CCCO1. The first-order chi connectivity index (χ1) is 9.67. The molecule has 0 spiro atoms. The molecule has 112 valence electrons. The summed E-state index contributed by atoms with van der Waals surface area (Å²) >= 11 is 5.17. The third kappa shape index (κ3) is 5.16. The minimum atomic E-state index is -0.158. The van der Waals surface area contributed by atoms with Gasteiger partial charge in [0.2, 0.25) is 0 Å². The fraction of sp³-hybridized carbons (Fsp3) is 0.643. The summed E-state index contributed by atoms with van der Waals surface area (Å²) in [7, 11) is 1.43. The fourth-order valence-corrected chi connectivity index (χ4v) is 3.55. The van der Waals surface area contributed by atoms with E-state index in [0.717, 1.165) is 36.3 Å². The van der Waals surface area contributed by atoms with Crippen LogP contribution in [0.4, 0.5) is 0 Å². The second-order valence-corrected chi connectivity index (χ2v) is 7.25. The van der Waals surface area contributed by atoms with Crippen molar-refractivity contribution in [2.45, 2.75) is 31.9 Å². The number of thiophene rings is 1. The summed E-state index contributed by atoms with van der Waals surface area (Å²) < 4.78 is 11.6. The van der Waals surface area contributed by atoms with E-state index < -0.39 is 0 Å². The molecule has 20 heavy (non-hydrogen) atoms. The van der Waals surface area contributed by atoms with Gasteiger partial charge in [-0.1, -0.05) is 0 Å². The van der Waals surface area contributed by atoms with E-state index in [2.05, 4.69) is 32.3 Å². The largest absolute Gasteiger partial charge is 0.469 e. The molecule has 1 aliphatic rings. The summed E-state index contributed by atoms with van der Waals surface area (Å²) in [5.74, 6) is -0.158. The summed E-state index contributed by atoms with van der Waals surface area (Å²) in [5.41, 5.74) is 1.27. The first-order valence-corrected chi connectivity index (χ1v) is 8.48. The number of rotatable bonds is 7. The highest BCUT2D eigenvalue weighted by atomic mass is 79.9. The fourth-order valence-electron chi connectivity index (χ4n) is 2.35. The summed E-state index contributed by atoms with van der Waals surface area (Å²) in [6.07, 6.45) is 2.98. The molecule has 2 rings (SSSR count). The number of halogens is 1. The van der Waals surface area contributed by atoms with Gasteiger partial charge in [0.15, 0.2) is 0 Å². The maximum atomic E-state index is 11.3. The van der Waals surface area contributed by atoms with Crippen LogP contribution in [0.15, 0.2) is 15.2 Å². The first-order valence-electron chi connectivity index (χ1n) is 6.81. The smallest absolute Gasteiger partial charge is 0.306 e. The molecule has 0 aliphatic carbocycles. The van der Waals surface area contributed by atoms with Crippen molar-refractivity contribution in [3.05, 3.63) is 20.8 Å². The maximum Gasteiger partial charge on any atom is 0.306 e. The average molecular weight is 362 g/mol. The van der Waals surface area contributed by atoms with Crippen molar-refractivity contribution in [2.75, 3.05) is 26.8 Å². The van der Waals surface area contributed by atoms with E-state index in [1.807, 2.05) is 0 Å². The van der Waals surface area contributed by atoms with E-state index in [1.165, 1.54) is 12.7 Å². The van der Waals surface area contributed by atoms with Crippen molar-refractivity contribution in [1.29, 1.82) is 0 Å². The second kappa shape index (κ2) is 8.12. The van der Waals surface area contributed by atoms with Gasteiger partial charge in [-0.2, -0.15) is 0 Å². The molecule has 0 aromatic carbocycles. The van der Waals surface area contributed by atoms with Gasteiger partial charge in [0.1, 0.15) is 0 Å². The van der Waals surface area contributed by atoms with Crippen molar-refractivity contribution in [3.8, 4) is 0 Å². The van der Waals surface area contributed by atoms with Gasteiger partial charge >= 0.3 is 5.97 Å². The van der Waals surface area contributed by atoms with Gasteiger partial charge in [0.05, 0.1) is 23.4 Å². The third-order valence-corrected chi connectivity index (χ3v) is 4.93. The van der Waals surface area contributed by atoms with Crippen LogP contribution >= 0.6 is 27.3 Å². The zero-order valence-electron chi connectivity index (χ0n) is 11.6. The Kier molecular flexibility index (Phi) is 6.48. The minimum Gasteiger partial charge on any atom is -0.469 e. The van der Waals surface area contributed by atoms with Gasteiger partial charge < -0.3 is 9.47 Å². The third-order valence-electron chi connectivity index (χ3n) is 3.37. The highest BCUT2D eigenvalue weighted by molar-refractivity contribution is 9.11. The van der Waals surface area contributed by atoms with Gasteiger partial charge in [-0.15, -0.1) is 11.3 Å². The quantitative estimate of drug-likeness (QED) is 0.699. The molecule has 0 radical (unpaired) electrons. The molecule has 1 atom stereocenters. The summed E-state index contributed by atoms with van der Waals surface area (Å²) in [6.45, 7) is 3.29. The standard InChI is InChI=1S/C14H20BrNO3S/c1-18-14(17)4-5-16(9-12-3-2-6-19-12)8-11-7-13(15)20-10-11/h7,10,12H,2-6,8-9H2,1H3. The molecule has 1 aromatic heterocycles. The number of hydrogen-bond donors (Lipinski definition) is 0. The monoisotopic (exact) mass is 361 g/mol. The van der Waals surface area contributed by atoms with Crippen LogP contribution in [0.3, 0.4) is 0 Å². The van der Waals surface area contributed by atoms with Crippen LogP contribution in [0.25, 0.3) is 0 Å². The van der Waals surface area contributed by atoms with Crippen LogP contribution in [0, 0.1) is 0 Å². The Balaban J connectivity index is 1.89. The number of hydrogen-bond acceptors (Lipinski definition) is 5. The molecule has 1 unspecified atom stereocenters. The number of nitrogens with zero attached hydrogens (tertiary/aromatic N) is 1. The predicted molar refractivity (Wildman–Crippen MR) is 82.9 cm³/mol. The van der Waals surface area contributed by atoms with Crippen LogP contribution in [0.2, 0.25) is 0 Å². The van der Waals surface area contributed by atoms with Gasteiger partial charge in [0, 0.05) is 26.2 Å². The zero-order valence-corrected chi connectivity index (χ0v) is 14.0. The van der Waals surface area contributed by atoms with Crippen LogP contribution in [0.5, 0.6) is 0 Å². The molecule has 0 saturated carbocycles. The molecule has 1 saturated heterocycles. The normalized spacial score (nSPS) is 18.6. The van der Waals surface area contributed by atoms with E-state index >= 15 is 0 Å². The summed E-state index contributed by atoms with van der Waals surface area (Å²) in [6, 6.07) is 2.13. The van der Waals surface area contributed by atoms with E-state index in [1.54, 1.807) is 11.3 Å². The van der Waals surface area contributed by atoms with E-state index in [9.17, 15) is 4.79 Å². The zero-order chi connectivity index (χ0) is 14.4. The Labute approximate surface area is 132 Å². The molecule has 0 N–H and O–H groups in total. The Morgan fingerprint density at radius 1 is 1.65 bits per heavy atom. The molecule has 0 bridgehead atoms. The topological polar surface area (TPSA) is 38.8 Å². The minimum absolute atomic E-state index is 0.158. The molecule has 0 amide bonds. The number of esters is 1. The van der Waals surface area contributed by atoms with Crippen molar-refractivity contribution < 1.29 is 14.3 Å². The molecule has 4 nitrogen and oxygen atoms in total. The van der Waals surface area contributed by atoms with Crippen LogP contribution in [-0.2, 0) is 20.8 Å². The lowest BCUT2D eigenvalue weighted by Crippen LogP contribution is -2.33. The highest BCUT2D eigenvalue weighted by Crippen LogP contribution is 2.22. The number of methoxy groups -OCH3 is 1. The van der Waals surface area contributed by atoms with E-state index in [4.69, 9.17) is 9.47 Å². The highest BCUT2D eigenvalue weighted by Gasteiger charge is 2.20. The molecule has 1 fully saturated rings. The molecule has 2 heterocycles. The number of ether oxygens (including phenoxy) is 2. The Bertz CT molecular complexity index is 432. The molecular formula is C14H20BrNO3S. The number of carbonyl (C=O) groups excluding carboxylic acids is 1. The second-order valence-electron chi connectivity index (χ2n) is 4.96. The van der Waals surface area contributed by atoms with Gasteiger partial charge in [-0.3, -0.25) is 9.69 Å². The van der Waals surface area contributed by atoms with Crippen LogP contribution in [0.1, 0.15) is 24.8 Å². The van der Waals surface area contributed by atoms with Crippen molar-refractivity contribution in [1.82, 2.24) is 4.90 Å². The van der Waals surface area contributed by atoms with Crippen molar-refractivity contribution >= 4 is 33.2 Å². The van der Waals surface area contributed by atoms with Gasteiger partial charge in [-0.05, 0) is 45.8 Å². The van der Waals surface area contributed by atoms with Gasteiger partial charge in [0.25, 0.3) is 0 Å².